The van der Waals surface area contributed by atoms with Gasteiger partial charge < -0.3 is 20.0 Å². The van der Waals surface area contributed by atoms with Gasteiger partial charge in [0.25, 0.3) is 0 Å². The first kappa shape index (κ1) is 26.8. The number of sulfonamides is 1. The fraction of sp³-hybridized carbons (Fsp3) is 0.333. The molecule has 3 N–H and O–H groups in total. The molecule has 0 spiro atoms. The van der Waals surface area contributed by atoms with Gasteiger partial charge in [0.2, 0.25) is 10.0 Å². The number of nitrogens with zero attached hydrogens (tertiary/aromatic N) is 2. The Balaban J connectivity index is 0.000000509. The van der Waals surface area contributed by atoms with Gasteiger partial charge in [-0.25, -0.2) is 18.0 Å². The van der Waals surface area contributed by atoms with Crippen LogP contribution in [0.3, 0.4) is 0 Å². The molecule has 13 heteroatoms. The lowest BCUT2D eigenvalue weighted by Gasteiger charge is -2.37. The summed E-state index contributed by atoms with van der Waals surface area (Å²) in [4.78, 5) is 24.9. The van der Waals surface area contributed by atoms with E-state index in [0.717, 1.165) is 31.9 Å². The number of carboxylic acids is 2. The Morgan fingerprint density at radius 2 is 1.44 bits per heavy atom. The molecule has 0 radical (unpaired) electrons. The number of benzene rings is 2. The molecule has 0 amide bonds. The Kier molecular flexibility index (Phi) is 8.74. The second-order valence-corrected chi connectivity index (χ2v) is 9.16. The van der Waals surface area contributed by atoms with E-state index in [1.54, 1.807) is 6.07 Å². The summed E-state index contributed by atoms with van der Waals surface area (Å²) in [5, 5.41) is 16.6. The lowest BCUT2D eigenvalue weighted by atomic mass is 10.1. The molecule has 0 saturated carbocycles. The number of rotatable bonds is 6. The number of carboxylic acid groups (broad SMARTS) is 2. The van der Waals surface area contributed by atoms with Crippen LogP contribution in [0.15, 0.2) is 48.5 Å². The molecule has 2 aromatic rings. The van der Waals surface area contributed by atoms with Crippen LogP contribution >= 0.6 is 0 Å². The van der Waals surface area contributed by atoms with Crippen LogP contribution in [0.5, 0.6) is 0 Å². The fourth-order valence-corrected chi connectivity index (χ4v) is 3.75. The quantitative estimate of drug-likeness (QED) is 0.549. The standard InChI is InChI=1S/C19H23N3O4S.C2HF3O2/c1-2-27(25,26)20-18-9-8-16(14-17(18)19(23)24)22-12-10-21(11-13-22)15-6-4-3-5-7-15;3-2(4,5)1(6)7/h3-9,14,20H,2,10-13H2,1H3,(H,23,24);(H,6,7). The van der Waals surface area contributed by atoms with E-state index in [9.17, 15) is 31.5 Å². The maximum atomic E-state index is 11.8. The van der Waals surface area contributed by atoms with Gasteiger partial charge in [-0.3, -0.25) is 4.72 Å². The molecular formula is C21H24F3N3O6S. The minimum absolute atomic E-state index is 0.0463. The molecule has 186 valence electrons. The van der Waals surface area contributed by atoms with Crippen molar-refractivity contribution in [1.29, 1.82) is 0 Å². The lowest BCUT2D eigenvalue weighted by molar-refractivity contribution is -0.192. The number of piperazine rings is 1. The molecule has 1 heterocycles. The summed E-state index contributed by atoms with van der Waals surface area (Å²) >= 11 is 0. The second kappa shape index (κ2) is 11.1. The molecule has 0 unspecified atom stereocenters. The lowest BCUT2D eigenvalue weighted by Crippen LogP contribution is -2.46. The summed E-state index contributed by atoms with van der Waals surface area (Å²) < 4.78 is 57.6. The third kappa shape index (κ3) is 7.54. The van der Waals surface area contributed by atoms with Crippen LogP contribution in [0.25, 0.3) is 0 Å². The van der Waals surface area contributed by atoms with Crippen molar-refractivity contribution in [3.8, 4) is 0 Å². The number of aliphatic carboxylic acids is 1. The van der Waals surface area contributed by atoms with E-state index < -0.39 is 28.1 Å². The second-order valence-electron chi connectivity index (χ2n) is 7.15. The number of anilines is 3. The van der Waals surface area contributed by atoms with Crippen molar-refractivity contribution in [2.75, 3.05) is 46.5 Å². The number of aromatic carboxylic acids is 1. The molecule has 34 heavy (non-hydrogen) atoms. The molecule has 0 bridgehead atoms. The largest absolute Gasteiger partial charge is 0.490 e. The Morgan fingerprint density at radius 1 is 0.941 bits per heavy atom. The highest BCUT2D eigenvalue weighted by atomic mass is 32.2. The summed E-state index contributed by atoms with van der Waals surface area (Å²) in [6, 6.07) is 15.0. The van der Waals surface area contributed by atoms with E-state index in [-0.39, 0.29) is 17.0 Å². The van der Waals surface area contributed by atoms with E-state index >= 15 is 0 Å². The van der Waals surface area contributed by atoms with Crippen LogP contribution in [-0.4, -0.2) is 68.7 Å². The van der Waals surface area contributed by atoms with Gasteiger partial charge >= 0.3 is 18.1 Å². The Hall–Kier alpha value is -3.48. The SMILES string of the molecule is CCS(=O)(=O)Nc1ccc(N2CCN(c3ccccc3)CC2)cc1C(=O)O.O=C(O)C(F)(F)F. The van der Waals surface area contributed by atoms with Gasteiger partial charge in [-0.1, -0.05) is 18.2 Å². The van der Waals surface area contributed by atoms with Crippen LogP contribution in [0.2, 0.25) is 0 Å². The first-order valence-electron chi connectivity index (χ1n) is 10.1. The topological polar surface area (TPSA) is 127 Å². The third-order valence-corrected chi connectivity index (χ3v) is 6.18. The van der Waals surface area contributed by atoms with Gasteiger partial charge in [-0.05, 0) is 37.3 Å². The maximum Gasteiger partial charge on any atom is 0.490 e. The van der Waals surface area contributed by atoms with Gasteiger partial charge in [0, 0.05) is 37.6 Å². The summed E-state index contributed by atoms with van der Waals surface area (Å²) in [7, 11) is -3.54. The minimum Gasteiger partial charge on any atom is -0.478 e. The smallest absolute Gasteiger partial charge is 0.478 e. The number of alkyl halides is 3. The highest BCUT2D eigenvalue weighted by molar-refractivity contribution is 7.92. The number of hydrogen-bond acceptors (Lipinski definition) is 6. The van der Waals surface area contributed by atoms with E-state index in [1.165, 1.54) is 24.7 Å². The monoisotopic (exact) mass is 503 g/mol. The van der Waals surface area contributed by atoms with Gasteiger partial charge in [-0.2, -0.15) is 13.2 Å². The van der Waals surface area contributed by atoms with Crippen LogP contribution in [0, 0.1) is 0 Å². The molecule has 9 nitrogen and oxygen atoms in total. The number of halogens is 3. The van der Waals surface area contributed by atoms with Crippen LogP contribution in [0.1, 0.15) is 17.3 Å². The predicted molar refractivity (Wildman–Crippen MR) is 121 cm³/mol. The molecule has 1 saturated heterocycles. The van der Waals surface area contributed by atoms with E-state index in [0.29, 0.717) is 0 Å². The highest BCUT2D eigenvalue weighted by Gasteiger charge is 2.38. The summed E-state index contributed by atoms with van der Waals surface area (Å²) in [6.07, 6.45) is -5.08. The summed E-state index contributed by atoms with van der Waals surface area (Å²) in [6.45, 7) is 4.68. The normalized spacial score (nSPS) is 14.1. The molecule has 3 rings (SSSR count). The average Bonchev–Trinajstić information content (AvgIpc) is 2.79. The van der Waals surface area contributed by atoms with Crippen molar-refractivity contribution < 1.29 is 41.4 Å². The number of hydrogen-bond donors (Lipinski definition) is 3. The van der Waals surface area contributed by atoms with Crippen molar-refractivity contribution >= 4 is 39.0 Å². The van der Waals surface area contributed by atoms with Crippen molar-refractivity contribution in [2.45, 2.75) is 13.1 Å². The first-order valence-corrected chi connectivity index (χ1v) is 11.7. The van der Waals surface area contributed by atoms with Gasteiger partial charge in [0.1, 0.15) is 0 Å². The van der Waals surface area contributed by atoms with Crippen LogP contribution < -0.4 is 14.5 Å². The van der Waals surface area contributed by atoms with Crippen molar-refractivity contribution in [3.63, 3.8) is 0 Å². The zero-order valence-electron chi connectivity index (χ0n) is 18.1. The molecule has 0 aliphatic carbocycles. The molecule has 2 aromatic carbocycles. The van der Waals surface area contributed by atoms with Crippen LogP contribution in [-0.2, 0) is 14.8 Å². The average molecular weight is 503 g/mol. The first-order chi connectivity index (χ1) is 15.8. The Morgan fingerprint density at radius 3 is 1.88 bits per heavy atom. The van der Waals surface area contributed by atoms with Crippen LogP contribution in [0.4, 0.5) is 30.2 Å². The zero-order valence-corrected chi connectivity index (χ0v) is 18.9. The predicted octanol–water partition coefficient (Wildman–Crippen LogP) is 3.11. The van der Waals surface area contributed by atoms with E-state index in [2.05, 4.69) is 26.7 Å². The van der Waals surface area contributed by atoms with Gasteiger partial charge in [0.05, 0.1) is 17.0 Å². The van der Waals surface area contributed by atoms with E-state index in [4.69, 9.17) is 9.90 Å². The highest BCUT2D eigenvalue weighted by Crippen LogP contribution is 2.26. The Labute approximate surface area is 194 Å². The Bertz CT molecular complexity index is 1100. The molecule has 0 atom stereocenters. The van der Waals surface area contributed by atoms with Crippen molar-refractivity contribution in [2.24, 2.45) is 0 Å². The number of para-hydroxylation sites is 1. The zero-order chi connectivity index (χ0) is 25.5. The fourth-order valence-electron chi connectivity index (χ4n) is 3.10. The van der Waals surface area contributed by atoms with E-state index in [1.807, 2.05) is 18.2 Å². The molecule has 1 aliphatic heterocycles. The molecule has 0 aromatic heterocycles. The van der Waals surface area contributed by atoms with Crippen molar-refractivity contribution in [3.05, 3.63) is 54.1 Å². The minimum atomic E-state index is -5.08. The third-order valence-electron chi connectivity index (χ3n) is 4.89. The molecule has 1 fully saturated rings. The van der Waals surface area contributed by atoms with Gasteiger partial charge in [0.15, 0.2) is 0 Å². The van der Waals surface area contributed by atoms with Gasteiger partial charge in [-0.15, -0.1) is 0 Å². The summed E-state index contributed by atoms with van der Waals surface area (Å²) in [5.74, 6) is -4.03. The maximum absolute atomic E-state index is 11.8. The number of carbonyl (C=O) groups is 2. The summed E-state index contributed by atoms with van der Waals surface area (Å²) in [5.41, 5.74) is 2.00. The molecular weight excluding hydrogens is 479 g/mol. The number of nitrogens with one attached hydrogen (secondary N) is 1. The van der Waals surface area contributed by atoms with Crippen molar-refractivity contribution in [1.82, 2.24) is 0 Å². The molecule has 1 aliphatic rings.